The predicted molar refractivity (Wildman–Crippen MR) is 197 cm³/mol. The van der Waals surface area contributed by atoms with Gasteiger partial charge in [-0.1, -0.05) is 50.2 Å². The molecule has 0 radical (unpaired) electrons. The van der Waals surface area contributed by atoms with E-state index in [1.165, 1.54) is 29.2 Å². The SMILES string of the molecule is COCNC(C(=O)N1CC(COC)CC1c1nc2c(ccc3cc(-c4ccc5c(ccc6[nH]c(C7CC8CC8N7)nc65)c4)ccc32)[nH]1)C(C)C. The number of aromatic amines is 2. The molecule has 258 valence electrons. The molecule has 50 heavy (non-hydrogen) atoms. The lowest BCUT2D eigenvalue weighted by Crippen LogP contribution is -2.49. The summed E-state index contributed by atoms with van der Waals surface area (Å²) in [6, 6.07) is 22.5. The molecular formula is C40H45N7O3. The number of nitrogens with one attached hydrogen (secondary N) is 4. The first kappa shape index (κ1) is 31.6. The zero-order valence-corrected chi connectivity index (χ0v) is 29.1. The zero-order chi connectivity index (χ0) is 34.1. The molecule has 0 bridgehead atoms. The van der Waals surface area contributed by atoms with E-state index >= 15 is 0 Å². The van der Waals surface area contributed by atoms with Gasteiger partial charge < -0.3 is 29.7 Å². The number of rotatable bonds is 10. The van der Waals surface area contributed by atoms with E-state index < -0.39 is 0 Å². The highest BCUT2D eigenvalue weighted by atomic mass is 16.5. The monoisotopic (exact) mass is 671 g/mol. The van der Waals surface area contributed by atoms with Crippen LogP contribution in [0.4, 0.5) is 0 Å². The van der Waals surface area contributed by atoms with Gasteiger partial charge in [-0.25, -0.2) is 9.97 Å². The highest BCUT2D eigenvalue weighted by molar-refractivity contribution is 6.07. The van der Waals surface area contributed by atoms with Crippen LogP contribution in [0.15, 0.2) is 60.7 Å². The molecule has 2 aliphatic heterocycles. The van der Waals surface area contributed by atoms with Gasteiger partial charge in [0.2, 0.25) is 5.91 Å². The van der Waals surface area contributed by atoms with Gasteiger partial charge in [0.05, 0.1) is 53.5 Å². The van der Waals surface area contributed by atoms with Crippen molar-refractivity contribution in [3.63, 3.8) is 0 Å². The van der Waals surface area contributed by atoms with Crippen LogP contribution < -0.4 is 10.6 Å². The number of carbonyl (C=O) groups excluding carboxylic acids is 1. The number of methoxy groups -OCH3 is 2. The Hall–Kier alpha value is -4.35. The standard InChI is InChI=1S/C40H45N7O3/c1-21(2)35(41-20-50-4)40(48)47-18-22(19-49-3)13-34(47)39-44-31-12-8-26-15-24(6-10-29(26)37(31)46-39)23-5-9-28-25(14-23)7-11-30-36(28)45-38(43-30)33-17-27-16-32(27)42-33/h5-12,14-15,21-22,27,32-35,41-42H,13,16-20H2,1-4H3,(H,43,45)(H,44,46). The summed E-state index contributed by atoms with van der Waals surface area (Å²) in [7, 11) is 3.36. The summed E-state index contributed by atoms with van der Waals surface area (Å²) in [5.41, 5.74) is 6.36. The average Bonchev–Trinajstić information content (AvgIpc) is 3.61. The smallest absolute Gasteiger partial charge is 0.240 e. The maximum absolute atomic E-state index is 14.0. The molecule has 3 aliphatic rings. The van der Waals surface area contributed by atoms with Crippen molar-refractivity contribution in [2.24, 2.45) is 17.8 Å². The van der Waals surface area contributed by atoms with E-state index in [1.54, 1.807) is 14.2 Å². The van der Waals surface area contributed by atoms with E-state index in [2.05, 4.69) is 95.1 Å². The Morgan fingerprint density at radius 3 is 2.12 bits per heavy atom. The minimum atomic E-state index is -0.347. The van der Waals surface area contributed by atoms with E-state index in [4.69, 9.17) is 19.4 Å². The number of nitrogens with zero attached hydrogens (tertiary/aromatic N) is 3. The zero-order valence-electron chi connectivity index (χ0n) is 29.1. The van der Waals surface area contributed by atoms with Crippen LogP contribution >= 0.6 is 0 Å². The first-order valence-corrected chi connectivity index (χ1v) is 18.0. The Kier molecular flexibility index (Phi) is 7.88. The van der Waals surface area contributed by atoms with Crippen molar-refractivity contribution in [1.29, 1.82) is 0 Å². The summed E-state index contributed by atoms with van der Waals surface area (Å²) in [4.78, 5) is 33.4. The van der Waals surface area contributed by atoms with Crippen molar-refractivity contribution in [3.8, 4) is 11.1 Å². The topological polar surface area (TPSA) is 120 Å². The summed E-state index contributed by atoms with van der Waals surface area (Å²) < 4.78 is 10.8. The lowest BCUT2D eigenvalue weighted by atomic mass is 9.98. The van der Waals surface area contributed by atoms with Crippen LogP contribution in [0.1, 0.15) is 56.8 Å². The summed E-state index contributed by atoms with van der Waals surface area (Å²) in [6.45, 7) is 5.68. The van der Waals surface area contributed by atoms with Gasteiger partial charge >= 0.3 is 0 Å². The van der Waals surface area contributed by atoms with Gasteiger partial charge in [0.15, 0.2) is 0 Å². The lowest BCUT2D eigenvalue weighted by molar-refractivity contribution is -0.136. The Bertz CT molecular complexity index is 2230. The van der Waals surface area contributed by atoms with Crippen molar-refractivity contribution in [2.45, 2.75) is 57.3 Å². The number of amides is 1. The van der Waals surface area contributed by atoms with Crippen molar-refractivity contribution >= 4 is 49.5 Å². The summed E-state index contributed by atoms with van der Waals surface area (Å²) in [6.07, 6.45) is 3.29. The summed E-state index contributed by atoms with van der Waals surface area (Å²) >= 11 is 0. The minimum Gasteiger partial charge on any atom is -0.384 e. The quantitative estimate of drug-likeness (QED) is 0.121. The summed E-state index contributed by atoms with van der Waals surface area (Å²) in [5, 5.41) is 11.6. The molecule has 6 aromatic rings. The van der Waals surface area contributed by atoms with Crippen LogP contribution in [-0.4, -0.2) is 76.9 Å². The van der Waals surface area contributed by atoms with E-state index in [1.807, 2.05) is 4.90 Å². The molecule has 2 aromatic heterocycles. The molecule has 6 atom stereocenters. The van der Waals surface area contributed by atoms with Crippen LogP contribution in [0.25, 0.3) is 54.7 Å². The highest BCUT2D eigenvalue weighted by Crippen LogP contribution is 2.46. The third kappa shape index (κ3) is 5.45. The highest BCUT2D eigenvalue weighted by Gasteiger charge is 2.47. The molecular weight excluding hydrogens is 626 g/mol. The number of carbonyl (C=O) groups is 1. The number of hydrogen-bond donors (Lipinski definition) is 4. The number of piperidine rings is 1. The Labute approximate surface area is 291 Å². The number of benzene rings is 4. The predicted octanol–water partition coefficient (Wildman–Crippen LogP) is 6.59. The first-order chi connectivity index (χ1) is 24.4. The normalized spacial score (nSPS) is 23.9. The molecule has 10 nitrogen and oxygen atoms in total. The van der Waals surface area contributed by atoms with Crippen LogP contribution in [0, 0.1) is 17.8 Å². The largest absolute Gasteiger partial charge is 0.384 e. The van der Waals surface area contributed by atoms with Gasteiger partial charge in [0, 0.05) is 43.5 Å². The Morgan fingerprint density at radius 1 is 0.860 bits per heavy atom. The molecule has 9 rings (SSSR count). The fourth-order valence-electron chi connectivity index (χ4n) is 8.60. The van der Waals surface area contributed by atoms with Gasteiger partial charge in [-0.2, -0.15) is 0 Å². The Balaban J connectivity index is 1.02. The molecule has 4 aromatic carbocycles. The van der Waals surface area contributed by atoms with E-state index in [9.17, 15) is 4.79 Å². The first-order valence-electron chi connectivity index (χ1n) is 18.0. The van der Waals surface area contributed by atoms with Gasteiger partial charge in [0.25, 0.3) is 0 Å². The number of aromatic nitrogens is 4. The second-order valence-corrected chi connectivity index (χ2v) is 15.0. The van der Waals surface area contributed by atoms with Crippen LogP contribution in [-0.2, 0) is 14.3 Å². The third-order valence-electron chi connectivity index (χ3n) is 11.3. The number of fused-ring (bicyclic) bond motifs is 7. The number of imidazole rings is 2. The van der Waals surface area contributed by atoms with Crippen molar-refractivity contribution in [3.05, 3.63) is 72.3 Å². The van der Waals surface area contributed by atoms with E-state index in [-0.39, 0.29) is 29.8 Å². The van der Waals surface area contributed by atoms with Crippen molar-refractivity contribution in [1.82, 2.24) is 35.5 Å². The molecule has 1 aliphatic carbocycles. The van der Waals surface area contributed by atoms with Gasteiger partial charge in [-0.15, -0.1) is 0 Å². The molecule has 4 N–H and O–H groups in total. The average molecular weight is 672 g/mol. The molecule has 10 heteroatoms. The minimum absolute atomic E-state index is 0.0709. The fourth-order valence-corrected chi connectivity index (χ4v) is 8.60. The second-order valence-electron chi connectivity index (χ2n) is 15.0. The maximum atomic E-state index is 14.0. The van der Waals surface area contributed by atoms with Gasteiger partial charge in [0.1, 0.15) is 11.6 Å². The van der Waals surface area contributed by atoms with Crippen molar-refractivity contribution in [2.75, 3.05) is 34.1 Å². The van der Waals surface area contributed by atoms with Gasteiger partial charge in [-0.3, -0.25) is 10.1 Å². The lowest BCUT2D eigenvalue weighted by Gasteiger charge is -2.30. The fraction of sp³-hybridized carbons (Fsp3) is 0.425. The summed E-state index contributed by atoms with van der Waals surface area (Å²) in [5.74, 6) is 3.13. The molecule has 1 amide bonds. The number of hydrogen-bond acceptors (Lipinski definition) is 7. The molecule has 0 spiro atoms. The Morgan fingerprint density at radius 2 is 1.52 bits per heavy atom. The molecule has 1 saturated carbocycles. The second kappa shape index (κ2) is 12.5. The van der Waals surface area contributed by atoms with Gasteiger partial charge in [-0.05, 0) is 77.3 Å². The van der Waals surface area contributed by atoms with E-state index in [0.717, 1.165) is 62.4 Å². The van der Waals surface area contributed by atoms with Crippen molar-refractivity contribution < 1.29 is 14.3 Å². The molecule has 2 saturated heterocycles. The molecule has 3 fully saturated rings. The third-order valence-corrected chi connectivity index (χ3v) is 11.3. The van der Waals surface area contributed by atoms with Crippen LogP contribution in [0.2, 0.25) is 0 Å². The van der Waals surface area contributed by atoms with Crippen LogP contribution in [0.3, 0.4) is 0 Å². The number of ether oxygens (including phenoxy) is 2. The van der Waals surface area contributed by atoms with E-state index in [0.29, 0.717) is 32.0 Å². The van der Waals surface area contributed by atoms with Crippen LogP contribution in [0.5, 0.6) is 0 Å². The maximum Gasteiger partial charge on any atom is 0.240 e. The molecule has 4 heterocycles. The number of H-pyrrole nitrogens is 2. The molecule has 6 unspecified atom stereocenters. The number of likely N-dealkylation sites (tertiary alicyclic amines) is 1.